The normalized spacial score (nSPS) is 11.2. The highest BCUT2D eigenvalue weighted by Crippen LogP contribution is 2.25. The minimum atomic E-state index is -2.87. The molecule has 2 aromatic rings. The third-order valence-corrected chi connectivity index (χ3v) is 3.17. The summed E-state index contributed by atoms with van der Waals surface area (Å²) in [5.41, 5.74) is 4.55. The van der Waals surface area contributed by atoms with E-state index in [0.29, 0.717) is 28.0 Å². The molecular formula is C16H16F2N2O3. The SMILES string of the molecule is Cc1cc(/C=N\NC(=O)c2ccoc2C)cc(C)c1OC(F)F. The van der Waals surface area contributed by atoms with Gasteiger partial charge >= 0.3 is 6.61 Å². The Balaban J connectivity index is 2.08. The quantitative estimate of drug-likeness (QED) is 0.676. The van der Waals surface area contributed by atoms with Gasteiger partial charge in [-0.15, -0.1) is 0 Å². The third kappa shape index (κ3) is 4.15. The lowest BCUT2D eigenvalue weighted by Crippen LogP contribution is -2.17. The van der Waals surface area contributed by atoms with Gasteiger partial charge < -0.3 is 9.15 Å². The molecule has 1 N–H and O–H groups in total. The van der Waals surface area contributed by atoms with Gasteiger partial charge in [-0.05, 0) is 55.7 Å². The van der Waals surface area contributed by atoms with Crippen LogP contribution in [0.4, 0.5) is 8.78 Å². The van der Waals surface area contributed by atoms with Gasteiger partial charge in [-0.1, -0.05) is 0 Å². The third-order valence-electron chi connectivity index (χ3n) is 3.17. The molecule has 0 spiro atoms. The van der Waals surface area contributed by atoms with E-state index < -0.39 is 12.5 Å². The second-order valence-electron chi connectivity index (χ2n) is 4.95. The summed E-state index contributed by atoms with van der Waals surface area (Å²) < 4.78 is 34.2. The fourth-order valence-electron chi connectivity index (χ4n) is 2.18. The molecule has 23 heavy (non-hydrogen) atoms. The fourth-order valence-corrected chi connectivity index (χ4v) is 2.18. The molecule has 0 aliphatic heterocycles. The van der Waals surface area contributed by atoms with E-state index in [1.807, 2.05) is 0 Å². The summed E-state index contributed by atoms with van der Waals surface area (Å²) in [6, 6.07) is 4.83. The van der Waals surface area contributed by atoms with Crippen LogP contribution in [0.5, 0.6) is 5.75 Å². The highest BCUT2D eigenvalue weighted by Gasteiger charge is 2.12. The van der Waals surface area contributed by atoms with Crippen molar-refractivity contribution in [2.75, 3.05) is 0 Å². The van der Waals surface area contributed by atoms with Crippen molar-refractivity contribution in [3.8, 4) is 5.75 Å². The maximum absolute atomic E-state index is 12.3. The molecule has 5 nitrogen and oxygen atoms in total. The van der Waals surface area contributed by atoms with Crippen molar-refractivity contribution in [2.24, 2.45) is 5.10 Å². The Morgan fingerprint density at radius 1 is 1.30 bits per heavy atom. The topological polar surface area (TPSA) is 63.8 Å². The molecule has 0 unspecified atom stereocenters. The summed E-state index contributed by atoms with van der Waals surface area (Å²) in [5.74, 6) is 0.256. The van der Waals surface area contributed by atoms with Gasteiger partial charge in [0.1, 0.15) is 11.5 Å². The largest absolute Gasteiger partial charge is 0.469 e. The Labute approximate surface area is 131 Å². The lowest BCUT2D eigenvalue weighted by molar-refractivity contribution is -0.0507. The molecule has 1 aromatic heterocycles. The number of nitrogens with one attached hydrogen (secondary N) is 1. The van der Waals surface area contributed by atoms with Crippen LogP contribution in [0.15, 0.2) is 34.0 Å². The Kier molecular flexibility index (Phi) is 5.10. The minimum Gasteiger partial charge on any atom is -0.469 e. The van der Waals surface area contributed by atoms with E-state index in [0.717, 1.165) is 0 Å². The Morgan fingerprint density at radius 3 is 2.48 bits per heavy atom. The average molecular weight is 322 g/mol. The summed E-state index contributed by atoms with van der Waals surface area (Å²) in [6.45, 7) is 2.13. The average Bonchev–Trinajstić information content (AvgIpc) is 2.89. The fraction of sp³-hybridized carbons (Fsp3) is 0.250. The number of amides is 1. The standard InChI is InChI=1S/C16H16F2N2O3/c1-9-6-12(7-10(2)14(9)23-16(17)18)8-19-20-15(21)13-4-5-22-11(13)3/h4-8,16H,1-3H3,(H,20,21)/b19-8-. The van der Waals surface area contributed by atoms with Crippen LogP contribution >= 0.6 is 0 Å². The minimum absolute atomic E-state index is 0.148. The molecule has 122 valence electrons. The number of aryl methyl sites for hydroxylation is 3. The summed E-state index contributed by atoms with van der Waals surface area (Å²) in [5, 5.41) is 3.86. The van der Waals surface area contributed by atoms with E-state index in [2.05, 4.69) is 15.3 Å². The summed E-state index contributed by atoms with van der Waals surface area (Å²) in [7, 11) is 0. The van der Waals surface area contributed by atoms with Crippen molar-refractivity contribution in [1.29, 1.82) is 0 Å². The van der Waals surface area contributed by atoms with Crippen LogP contribution in [0, 0.1) is 20.8 Å². The Morgan fingerprint density at radius 2 is 1.96 bits per heavy atom. The first-order valence-corrected chi connectivity index (χ1v) is 6.82. The van der Waals surface area contributed by atoms with Gasteiger partial charge in [0.15, 0.2) is 0 Å². The van der Waals surface area contributed by atoms with Crippen LogP contribution in [0.3, 0.4) is 0 Å². The lowest BCUT2D eigenvalue weighted by atomic mass is 10.1. The zero-order valence-electron chi connectivity index (χ0n) is 12.9. The van der Waals surface area contributed by atoms with Gasteiger partial charge in [0.05, 0.1) is 18.0 Å². The van der Waals surface area contributed by atoms with E-state index in [9.17, 15) is 13.6 Å². The van der Waals surface area contributed by atoms with E-state index in [1.165, 1.54) is 12.5 Å². The predicted molar refractivity (Wildman–Crippen MR) is 81.1 cm³/mol. The molecule has 0 atom stereocenters. The van der Waals surface area contributed by atoms with Crippen LogP contribution in [0.25, 0.3) is 0 Å². The molecule has 0 bridgehead atoms. The highest BCUT2D eigenvalue weighted by molar-refractivity contribution is 5.95. The summed E-state index contributed by atoms with van der Waals surface area (Å²) in [4.78, 5) is 11.8. The van der Waals surface area contributed by atoms with Gasteiger partial charge in [0.25, 0.3) is 5.91 Å². The molecule has 0 radical (unpaired) electrons. The number of rotatable bonds is 5. The van der Waals surface area contributed by atoms with Gasteiger partial charge in [-0.25, -0.2) is 5.43 Å². The number of hydrogen-bond donors (Lipinski definition) is 1. The molecule has 2 rings (SSSR count). The second-order valence-corrected chi connectivity index (χ2v) is 4.95. The molecule has 0 fully saturated rings. The second kappa shape index (κ2) is 7.04. The van der Waals surface area contributed by atoms with Crippen molar-refractivity contribution in [1.82, 2.24) is 5.43 Å². The van der Waals surface area contributed by atoms with E-state index in [1.54, 1.807) is 39.0 Å². The number of nitrogens with zero attached hydrogens (tertiary/aromatic N) is 1. The molecule has 0 aliphatic rings. The Bertz CT molecular complexity index is 716. The van der Waals surface area contributed by atoms with Crippen molar-refractivity contribution in [2.45, 2.75) is 27.4 Å². The van der Waals surface area contributed by atoms with Crippen LogP contribution < -0.4 is 10.2 Å². The molecule has 0 aliphatic carbocycles. The maximum atomic E-state index is 12.3. The van der Waals surface area contributed by atoms with Crippen molar-refractivity contribution in [3.05, 3.63) is 52.5 Å². The zero-order valence-corrected chi connectivity index (χ0v) is 12.9. The van der Waals surface area contributed by atoms with Crippen molar-refractivity contribution < 1.29 is 22.7 Å². The van der Waals surface area contributed by atoms with Crippen LogP contribution in [-0.2, 0) is 0 Å². The first kappa shape index (κ1) is 16.7. The number of ether oxygens (including phenoxy) is 1. The van der Waals surface area contributed by atoms with Gasteiger partial charge in [0, 0.05) is 0 Å². The molecule has 0 saturated carbocycles. The highest BCUT2D eigenvalue weighted by atomic mass is 19.3. The number of carbonyl (C=O) groups is 1. The van der Waals surface area contributed by atoms with Crippen molar-refractivity contribution in [3.63, 3.8) is 0 Å². The Hall–Kier alpha value is -2.70. The molecular weight excluding hydrogens is 306 g/mol. The lowest BCUT2D eigenvalue weighted by Gasteiger charge is -2.11. The van der Waals surface area contributed by atoms with Crippen LogP contribution in [0.2, 0.25) is 0 Å². The van der Waals surface area contributed by atoms with Crippen LogP contribution in [-0.4, -0.2) is 18.7 Å². The number of halogens is 2. The molecule has 1 amide bonds. The van der Waals surface area contributed by atoms with E-state index in [-0.39, 0.29) is 5.75 Å². The smallest absolute Gasteiger partial charge is 0.387 e. The molecule has 7 heteroatoms. The maximum Gasteiger partial charge on any atom is 0.387 e. The van der Waals surface area contributed by atoms with E-state index in [4.69, 9.17) is 4.42 Å². The summed E-state index contributed by atoms with van der Waals surface area (Å²) in [6.07, 6.45) is 2.85. The molecule has 1 heterocycles. The monoisotopic (exact) mass is 322 g/mol. The van der Waals surface area contributed by atoms with E-state index >= 15 is 0 Å². The number of carbonyl (C=O) groups excluding carboxylic acids is 1. The number of alkyl halides is 2. The number of furan rings is 1. The van der Waals surface area contributed by atoms with Gasteiger partial charge in [-0.3, -0.25) is 4.79 Å². The zero-order chi connectivity index (χ0) is 17.0. The van der Waals surface area contributed by atoms with Gasteiger partial charge in [-0.2, -0.15) is 13.9 Å². The molecule has 0 saturated heterocycles. The predicted octanol–water partition coefficient (Wildman–Crippen LogP) is 3.57. The van der Waals surface area contributed by atoms with Crippen LogP contribution in [0.1, 0.15) is 32.8 Å². The first-order chi connectivity index (χ1) is 10.9. The van der Waals surface area contributed by atoms with Gasteiger partial charge in [0.2, 0.25) is 0 Å². The summed E-state index contributed by atoms with van der Waals surface area (Å²) >= 11 is 0. The number of hydrogen-bond acceptors (Lipinski definition) is 4. The number of benzene rings is 1. The van der Waals surface area contributed by atoms with Crippen molar-refractivity contribution >= 4 is 12.1 Å². The molecule has 1 aromatic carbocycles. The first-order valence-electron chi connectivity index (χ1n) is 6.82. The number of hydrazone groups is 1.